The van der Waals surface area contributed by atoms with Crippen molar-refractivity contribution in [3.63, 3.8) is 0 Å². The minimum atomic E-state index is -0.509. The molecule has 2 rings (SSSR count). The Kier molecular flexibility index (Phi) is 4.61. The molecular weight excluding hydrogens is 271 g/mol. The minimum absolute atomic E-state index is 0.0192. The fourth-order valence-corrected chi connectivity index (χ4v) is 2.23. The molecule has 104 valence electrons. The summed E-state index contributed by atoms with van der Waals surface area (Å²) in [5.74, 6) is 0.167. The Morgan fingerprint density at radius 3 is 3.00 bits per heavy atom. The van der Waals surface area contributed by atoms with Gasteiger partial charge in [-0.3, -0.25) is 4.79 Å². The van der Waals surface area contributed by atoms with Crippen molar-refractivity contribution >= 4 is 17.5 Å². The highest BCUT2D eigenvalue weighted by Crippen LogP contribution is 2.21. The first kappa shape index (κ1) is 14.1. The predicted octanol–water partition coefficient (Wildman–Crippen LogP) is 1.67. The molecule has 0 radical (unpaired) electrons. The molecule has 6 heteroatoms. The van der Waals surface area contributed by atoms with Crippen molar-refractivity contribution in [3.05, 3.63) is 29.0 Å². The van der Waals surface area contributed by atoms with Gasteiger partial charge in [0.1, 0.15) is 11.6 Å². The number of ether oxygens (including phenoxy) is 1. The molecule has 1 heterocycles. The average Bonchev–Trinajstić information content (AvgIpc) is 2.88. The first-order chi connectivity index (χ1) is 9.10. The van der Waals surface area contributed by atoms with Gasteiger partial charge in [-0.25, -0.2) is 4.39 Å². The largest absolute Gasteiger partial charge is 0.484 e. The number of hydrogen-bond donors (Lipinski definition) is 1. The number of nitrogens with two attached hydrogens (primary N) is 1. The number of amides is 1. The van der Waals surface area contributed by atoms with E-state index in [-0.39, 0.29) is 17.5 Å². The van der Waals surface area contributed by atoms with E-state index < -0.39 is 5.82 Å². The first-order valence-electron chi connectivity index (χ1n) is 6.16. The Morgan fingerprint density at radius 2 is 2.37 bits per heavy atom. The molecule has 4 nitrogen and oxygen atoms in total. The lowest BCUT2D eigenvalue weighted by atomic mass is 10.1. The lowest BCUT2D eigenvalue weighted by Gasteiger charge is -2.16. The van der Waals surface area contributed by atoms with E-state index in [0.29, 0.717) is 31.3 Å². The normalized spacial score (nSPS) is 18.7. The molecule has 1 aromatic carbocycles. The molecular formula is C13H16ClFN2O2. The van der Waals surface area contributed by atoms with Crippen molar-refractivity contribution in [2.45, 2.75) is 6.42 Å². The van der Waals surface area contributed by atoms with Crippen molar-refractivity contribution in [2.75, 3.05) is 26.2 Å². The van der Waals surface area contributed by atoms with E-state index in [9.17, 15) is 9.18 Å². The number of carbonyl (C=O) groups excluding carboxylic acids is 1. The zero-order valence-corrected chi connectivity index (χ0v) is 11.2. The third-order valence-corrected chi connectivity index (χ3v) is 3.51. The Labute approximate surface area is 116 Å². The van der Waals surface area contributed by atoms with Crippen LogP contribution in [0.25, 0.3) is 0 Å². The Balaban J connectivity index is 1.85. The van der Waals surface area contributed by atoms with Crippen LogP contribution in [-0.2, 0) is 4.79 Å². The smallest absolute Gasteiger partial charge is 0.260 e. The zero-order chi connectivity index (χ0) is 13.8. The fraction of sp³-hybridized carbons (Fsp3) is 0.462. The van der Waals surface area contributed by atoms with Crippen LogP contribution in [-0.4, -0.2) is 37.0 Å². The number of halogens is 2. The van der Waals surface area contributed by atoms with Gasteiger partial charge in [-0.15, -0.1) is 0 Å². The molecule has 1 fully saturated rings. The molecule has 1 amide bonds. The molecule has 19 heavy (non-hydrogen) atoms. The summed E-state index contributed by atoms with van der Waals surface area (Å²) in [6.45, 7) is 1.93. The molecule has 1 aliphatic heterocycles. The summed E-state index contributed by atoms with van der Waals surface area (Å²) in [4.78, 5) is 13.6. The summed E-state index contributed by atoms with van der Waals surface area (Å²) < 4.78 is 18.3. The molecule has 0 aliphatic carbocycles. The van der Waals surface area contributed by atoms with Crippen molar-refractivity contribution in [1.29, 1.82) is 0 Å². The molecule has 0 unspecified atom stereocenters. The van der Waals surface area contributed by atoms with Crippen molar-refractivity contribution < 1.29 is 13.9 Å². The predicted molar refractivity (Wildman–Crippen MR) is 70.6 cm³/mol. The maximum atomic E-state index is 13.0. The maximum absolute atomic E-state index is 13.0. The molecule has 2 N–H and O–H groups in total. The summed E-state index contributed by atoms with van der Waals surface area (Å²) in [7, 11) is 0. The highest BCUT2D eigenvalue weighted by atomic mass is 35.5. The van der Waals surface area contributed by atoms with Gasteiger partial charge in [-0.05, 0) is 31.0 Å². The van der Waals surface area contributed by atoms with Crippen LogP contribution in [0.2, 0.25) is 5.02 Å². The number of carbonyl (C=O) groups is 1. The molecule has 0 saturated carbocycles. The maximum Gasteiger partial charge on any atom is 0.260 e. The summed E-state index contributed by atoms with van der Waals surface area (Å²) in [5.41, 5.74) is 5.57. The first-order valence-corrected chi connectivity index (χ1v) is 6.53. The Hall–Kier alpha value is -1.33. The number of hydrogen-bond acceptors (Lipinski definition) is 3. The second-order valence-electron chi connectivity index (χ2n) is 4.59. The van der Waals surface area contributed by atoms with Crippen molar-refractivity contribution in [3.8, 4) is 5.75 Å². The van der Waals surface area contributed by atoms with E-state index in [1.54, 1.807) is 4.90 Å². The van der Waals surface area contributed by atoms with Crippen molar-refractivity contribution in [2.24, 2.45) is 11.7 Å². The third-order valence-electron chi connectivity index (χ3n) is 3.23. The van der Waals surface area contributed by atoms with Gasteiger partial charge in [0.2, 0.25) is 0 Å². The number of likely N-dealkylation sites (tertiary alicyclic amines) is 1. The van der Waals surface area contributed by atoms with Crippen molar-refractivity contribution in [1.82, 2.24) is 4.90 Å². The van der Waals surface area contributed by atoms with Gasteiger partial charge in [0, 0.05) is 19.2 Å². The molecule has 1 saturated heterocycles. The van der Waals surface area contributed by atoms with E-state index >= 15 is 0 Å². The molecule has 0 spiro atoms. The van der Waals surface area contributed by atoms with Crippen LogP contribution < -0.4 is 10.5 Å². The van der Waals surface area contributed by atoms with Crippen LogP contribution in [0, 0.1) is 11.7 Å². The summed E-state index contributed by atoms with van der Waals surface area (Å²) in [6.07, 6.45) is 0.935. The standard InChI is InChI=1S/C13H16ClFN2O2/c14-11-5-10(1-2-12(11)15)19-8-13(18)17-4-3-9(6-16)7-17/h1-2,5,9H,3-4,6-8,16H2/t9-/m1/s1. The molecule has 0 aromatic heterocycles. The Morgan fingerprint density at radius 1 is 1.58 bits per heavy atom. The van der Waals surface area contributed by atoms with Crippen LogP contribution >= 0.6 is 11.6 Å². The second kappa shape index (κ2) is 6.21. The number of rotatable bonds is 4. The van der Waals surface area contributed by atoms with Gasteiger partial charge in [-0.1, -0.05) is 11.6 Å². The minimum Gasteiger partial charge on any atom is -0.484 e. The quantitative estimate of drug-likeness (QED) is 0.916. The van der Waals surface area contributed by atoms with Gasteiger partial charge in [-0.2, -0.15) is 0 Å². The van der Waals surface area contributed by atoms with E-state index in [4.69, 9.17) is 22.1 Å². The van der Waals surface area contributed by atoms with Gasteiger partial charge < -0.3 is 15.4 Å². The Bertz CT molecular complexity index is 470. The third kappa shape index (κ3) is 3.58. The van der Waals surface area contributed by atoms with Crippen LogP contribution in [0.15, 0.2) is 18.2 Å². The highest BCUT2D eigenvalue weighted by molar-refractivity contribution is 6.30. The lowest BCUT2D eigenvalue weighted by Crippen LogP contribution is -2.33. The summed E-state index contributed by atoms with van der Waals surface area (Å²) in [5, 5.41) is -0.0192. The topological polar surface area (TPSA) is 55.6 Å². The average molecular weight is 287 g/mol. The summed E-state index contributed by atoms with van der Waals surface area (Å²) >= 11 is 5.63. The van der Waals surface area contributed by atoms with Crippen LogP contribution in [0.1, 0.15) is 6.42 Å². The van der Waals surface area contributed by atoms with Gasteiger partial charge in [0.05, 0.1) is 5.02 Å². The SMILES string of the molecule is NC[C@H]1CCN(C(=O)COc2ccc(F)c(Cl)c2)C1. The molecule has 1 aliphatic rings. The van der Waals surface area contributed by atoms with E-state index in [0.717, 1.165) is 6.42 Å². The lowest BCUT2D eigenvalue weighted by molar-refractivity contribution is -0.132. The van der Waals surface area contributed by atoms with Crippen LogP contribution in [0.3, 0.4) is 0 Å². The molecule has 1 atom stereocenters. The van der Waals surface area contributed by atoms with E-state index in [1.807, 2.05) is 0 Å². The van der Waals surface area contributed by atoms with E-state index in [1.165, 1.54) is 18.2 Å². The van der Waals surface area contributed by atoms with Gasteiger partial charge in [0.15, 0.2) is 6.61 Å². The highest BCUT2D eigenvalue weighted by Gasteiger charge is 2.25. The van der Waals surface area contributed by atoms with Gasteiger partial charge in [0.25, 0.3) is 5.91 Å². The van der Waals surface area contributed by atoms with Crippen LogP contribution in [0.5, 0.6) is 5.75 Å². The van der Waals surface area contributed by atoms with E-state index in [2.05, 4.69) is 0 Å². The molecule has 1 aromatic rings. The molecule has 0 bridgehead atoms. The fourth-order valence-electron chi connectivity index (χ4n) is 2.05. The number of benzene rings is 1. The number of nitrogens with zero attached hydrogens (tertiary/aromatic N) is 1. The van der Waals surface area contributed by atoms with Gasteiger partial charge >= 0.3 is 0 Å². The van der Waals surface area contributed by atoms with Crippen LogP contribution in [0.4, 0.5) is 4.39 Å². The second-order valence-corrected chi connectivity index (χ2v) is 5.00. The zero-order valence-electron chi connectivity index (χ0n) is 10.4. The summed E-state index contributed by atoms with van der Waals surface area (Å²) in [6, 6.07) is 4.01. The monoisotopic (exact) mass is 286 g/mol.